The number of anilines is 1. The van der Waals surface area contributed by atoms with Crippen molar-refractivity contribution in [1.82, 2.24) is 10.1 Å². The van der Waals surface area contributed by atoms with Crippen molar-refractivity contribution >= 4 is 11.6 Å². The molecule has 7 nitrogen and oxygen atoms in total. The van der Waals surface area contributed by atoms with Crippen LogP contribution in [-0.4, -0.2) is 36.8 Å². The van der Waals surface area contributed by atoms with Gasteiger partial charge in [-0.3, -0.25) is 4.79 Å². The molecule has 0 bridgehead atoms. The first-order valence-corrected chi connectivity index (χ1v) is 9.02. The summed E-state index contributed by atoms with van der Waals surface area (Å²) in [5.41, 5.74) is 2.78. The van der Waals surface area contributed by atoms with Crippen LogP contribution in [0.4, 0.5) is 5.69 Å². The van der Waals surface area contributed by atoms with Crippen molar-refractivity contribution in [2.45, 2.75) is 19.3 Å². The van der Waals surface area contributed by atoms with E-state index in [2.05, 4.69) is 10.1 Å². The van der Waals surface area contributed by atoms with E-state index in [0.29, 0.717) is 36.2 Å². The average Bonchev–Trinajstić information content (AvgIpc) is 3.35. The second kappa shape index (κ2) is 7.34. The Morgan fingerprint density at radius 3 is 2.54 bits per heavy atom. The van der Waals surface area contributed by atoms with Crippen LogP contribution in [-0.2, 0) is 4.79 Å². The van der Waals surface area contributed by atoms with Crippen molar-refractivity contribution in [3.8, 4) is 23.0 Å². The van der Waals surface area contributed by atoms with Gasteiger partial charge in [-0.1, -0.05) is 22.9 Å². The number of carbonyl (C=O) groups is 1. The normalized spacial score (nSPS) is 16.5. The lowest BCUT2D eigenvalue weighted by molar-refractivity contribution is -0.117. The van der Waals surface area contributed by atoms with Crippen LogP contribution in [0.25, 0.3) is 11.5 Å². The van der Waals surface area contributed by atoms with Crippen LogP contribution >= 0.6 is 0 Å². The number of methoxy groups -OCH3 is 2. The third-order valence-electron chi connectivity index (χ3n) is 4.91. The SMILES string of the molecule is COc1ccc(-c2nc([C@@H]3CC(=O)N(c4ccc(C)cc4)C3)no2)cc1OC. The molecule has 3 aromatic rings. The number of ether oxygens (including phenoxy) is 2. The summed E-state index contributed by atoms with van der Waals surface area (Å²) >= 11 is 0. The Hall–Kier alpha value is -3.35. The van der Waals surface area contributed by atoms with Gasteiger partial charge in [-0.25, -0.2) is 0 Å². The van der Waals surface area contributed by atoms with Gasteiger partial charge in [-0.05, 0) is 37.3 Å². The van der Waals surface area contributed by atoms with E-state index < -0.39 is 0 Å². The predicted molar refractivity (Wildman–Crippen MR) is 104 cm³/mol. The maximum Gasteiger partial charge on any atom is 0.258 e. The van der Waals surface area contributed by atoms with Gasteiger partial charge in [0, 0.05) is 30.1 Å². The maximum atomic E-state index is 12.5. The average molecular weight is 379 g/mol. The zero-order valence-electron chi connectivity index (χ0n) is 16.0. The number of aromatic nitrogens is 2. The standard InChI is InChI=1S/C21H21N3O4/c1-13-4-7-16(8-5-13)24-12-15(11-19(24)25)20-22-21(28-23-20)14-6-9-17(26-2)18(10-14)27-3/h4-10,15H,11-12H2,1-3H3/t15-/m1/s1. The number of aryl methyl sites for hydroxylation is 1. The summed E-state index contributed by atoms with van der Waals surface area (Å²) in [6.07, 6.45) is 0.360. The number of nitrogens with zero attached hydrogens (tertiary/aromatic N) is 3. The van der Waals surface area contributed by atoms with Gasteiger partial charge in [0.15, 0.2) is 17.3 Å². The van der Waals surface area contributed by atoms with Crippen molar-refractivity contribution in [3.63, 3.8) is 0 Å². The van der Waals surface area contributed by atoms with Crippen molar-refractivity contribution in [2.75, 3.05) is 25.7 Å². The molecule has 0 radical (unpaired) electrons. The van der Waals surface area contributed by atoms with E-state index in [1.54, 1.807) is 31.3 Å². The molecule has 1 aromatic heterocycles. The first kappa shape index (κ1) is 18.0. The van der Waals surface area contributed by atoms with Crippen LogP contribution in [0.15, 0.2) is 47.0 Å². The molecule has 0 saturated carbocycles. The Labute approximate surface area is 162 Å². The Morgan fingerprint density at radius 1 is 1.07 bits per heavy atom. The van der Waals surface area contributed by atoms with Gasteiger partial charge in [-0.15, -0.1) is 0 Å². The lowest BCUT2D eigenvalue weighted by atomic mass is 10.1. The molecule has 2 heterocycles. The van der Waals surface area contributed by atoms with E-state index in [1.807, 2.05) is 37.3 Å². The molecule has 28 heavy (non-hydrogen) atoms. The highest BCUT2D eigenvalue weighted by Gasteiger charge is 2.34. The van der Waals surface area contributed by atoms with E-state index in [1.165, 1.54) is 0 Å². The Balaban J connectivity index is 1.55. The fraction of sp³-hybridized carbons (Fsp3) is 0.286. The molecule has 2 aromatic carbocycles. The number of rotatable bonds is 5. The number of hydrogen-bond acceptors (Lipinski definition) is 6. The van der Waals surface area contributed by atoms with E-state index in [-0.39, 0.29) is 11.8 Å². The van der Waals surface area contributed by atoms with Crippen molar-refractivity contribution < 1.29 is 18.8 Å². The largest absolute Gasteiger partial charge is 0.493 e. The molecular formula is C21H21N3O4. The maximum absolute atomic E-state index is 12.5. The van der Waals surface area contributed by atoms with Crippen LogP contribution in [0.5, 0.6) is 11.5 Å². The zero-order valence-corrected chi connectivity index (χ0v) is 16.0. The highest BCUT2D eigenvalue weighted by atomic mass is 16.5. The lowest BCUT2D eigenvalue weighted by Crippen LogP contribution is -2.24. The van der Waals surface area contributed by atoms with E-state index in [0.717, 1.165) is 16.8 Å². The van der Waals surface area contributed by atoms with Crippen LogP contribution in [0.2, 0.25) is 0 Å². The van der Waals surface area contributed by atoms with Crippen molar-refractivity contribution in [2.24, 2.45) is 0 Å². The molecule has 0 N–H and O–H groups in total. The minimum absolute atomic E-state index is 0.0614. The summed E-state index contributed by atoms with van der Waals surface area (Å²) in [6.45, 7) is 2.56. The highest BCUT2D eigenvalue weighted by Crippen LogP contribution is 2.34. The summed E-state index contributed by atoms with van der Waals surface area (Å²) in [4.78, 5) is 18.8. The molecule has 144 valence electrons. The molecule has 1 amide bonds. The molecule has 1 atom stereocenters. The van der Waals surface area contributed by atoms with Gasteiger partial charge >= 0.3 is 0 Å². The van der Waals surface area contributed by atoms with Gasteiger partial charge in [-0.2, -0.15) is 4.98 Å². The lowest BCUT2D eigenvalue weighted by Gasteiger charge is -2.16. The topological polar surface area (TPSA) is 77.7 Å². The summed E-state index contributed by atoms with van der Waals surface area (Å²) < 4.78 is 16.0. The third kappa shape index (κ3) is 3.31. The quantitative estimate of drug-likeness (QED) is 0.674. The monoisotopic (exact) mass is 379 g/mol. The molecule has 0 spiro atoms. The fourth-order valence-electron chi connectivity index (χ4n) is 3.34. The summed E-state index contributed by atoms with van der Waals surface area (Å²) in [5.74, 6) is 2.09. The highest BCUT2D eigenvalue weighted by molar-refractivity contribution is 5.96. The molecule has 1 aliphatic rings. The first-order chi connectivity index (χ1) is 13.6. The van der Waals surface area contributed by atoms with Crippen LogP contribution in [0, 0.1) is 6.92 Å². The molecule has 1 aliphatic heterocycles. The van der Waals surface area contributed by atoms with Gasteiger partial charge in [0.25, 0.3) is 5.89 Å². The molecule has 0 unspecified atom stereocenters. The number of benzene rings is 2. The van der Waals surface area contributed by atoms with Crippen LogP contribution in [0.1, 0.15) is 23.7 Å². The molecule has 4 rings (SSSR count). The zero-order chi connectivity index (χ0) is 19.7. The second-order valence-corrected chi connectivity index (χ2v) is 6.77. The number of carbonyl (C=O) groups excluding carboxylic acids is 1. The molecular weight excluding hydrogens is 358 g/mol. The minimum Gasteiger partial charge on any atom is -0.493 e. The Kier molecular flexibility index (Phi) is 4.73. The Morgan fingerprint density at radius 2 is 1.82 bits per heavy atom. The number of hydrogen-bond donors (Lipinski definition) is 0. The van der Waals surface area contributed by atoms with E-state index in [4.69, 9.17) is 14.0 Å². The summed E-state index contributed by atoms with van der Waals surface area (Å²) in [6, 6.07) is 13.3. The minimum atomic E-state index is -0.105. The van der Waals surface area contributed by atoms with E-state index >= 15 is 0 Å². The van der Waals surface area contributed by atoms with Crippen LogP contribution in [0.3, 0.4) is 0 Å². The Bertz CT molecular complexity index is 997. The molecule has 1 fully saturated rings. The second-order valence-electron chi connectivity index (χ2n) is 6.77. The first-order valence-electron chi connectivity index (χ1n) is 9.02. The van der Waals surface area contributed by atoms with Gasteiger partial charge in [0.1, 0.15) is 0 Å². The smallest absolute Gasteiger partial charge is 0.258 e. The van der Waals surface area contributed by atoms with E-state index in [9.17, 15) is 4.79 Å². The third-order valence-corrected chi connectivity index (χ3v) is 4.91. The molecule has 7 heteroatoms. The predicted octanol–water partition coefficient (Wildman–Crippen LogP) is 3.58. The van der Waals surface area contributed by atoms with Gasteiger partial charge < -0.3 is 18.9 Å². The summed E-state index contributed by atoms with van der Waals surface area (Å²) in [7, 11) is 3.16. The van der Waals surface area contributed by atoms with Crippen molar-refractivity contribution in [1.29, 1.82) is 0 Å². The number of amides is 1. The molecule has 1 saturated heterocycles. The van der Waals surface area contributed by atoms with Crippen LogP contribution < -0.4 is 14.4 Å². The van der Waals surface area contributed by atoms with Gasteiger partial charge in [0.2, 0.25) is 5.91 Å². The van der Waals surface area contributed by atoms with Gasteiger partial charge in [0.05, 0.1) is 14.2 Å². The molecule has 0 aliphatic carbocycles. The van der Waals surface area contributed by atoms with Crippen molar-refractivity contribution in [3.05, 3.63) is 53.9 Å². The fourth-order valence-corrected chi connectivity index (χ4v) is 3.34. The summed E-state index contributed by atoms with van der Waals surface area (Å²) in [5, 5.41) is 4.11.